The first-order valence-corrected chi connectivity index (χ1v) is 7.27. The van der Waals surface area contributed by atoms with Crippen LogP contribution in [-0.2, 0) is 0 Å². The average molecular weight is 338 g/mol. The van der Waals surface area contributed by atoms with Crippen molar-refractivity contribution in [3.8, 4) is 11.4 Å². The minimum Gasteiger partial charge on any atom is -0.508 e. The van der Waals surface area contributed by atoms with Crippen molar-refractivity contribution in [3.63, 3.8) is 0 Å². The molecule has 0 aliphatic rings. The lowest BCUT2D eigenvalue weighted by Gasteiger charge is -2.02. The van der Waals surface area contributed by atoms with Gasteiger partial charge in [-0.1, -0.05) is 18.2 Å². The molecule has 9 heteroatoms. The van der Waals surface area contributed by atoms with Crippen molar-refractivity contribution >= 4 is 22.9 Å². The molecule has 0 saturated carbocycles. The fourth-order valence-electron chi connectivity index (χ4n) is 2.27. The summed E-state index contributed by atoms with van der Waals surface area (Å²) in [7, 11) is 0. The van der Waals surface area contributed by atoms with E-state index in [0.29, 0.717) is 11.4 Å². The summed E-state index contributed by atoms with van der Waals surface area (Å²) < 4.78 is 1.52. The van der Waals surface area contributed by atoms with Gasteiger partial charge in [0.2, 0.25) is 0 Å². The molecular formula is C16H14N6O3. The molecule has 3 rings (SSSR count). The zero-order chi connectivity index (χ0) is 18.0. The first kappa shape index (κ1) is 16.1. The number of para-hydroxylation sites is 1. The van der Waals surface area contributed by atoms with Gasteiger partial charge in [0.05, 0.1) is 22.4 Å². The third kappa shape index (κ3) is 3.15. The van der Waals surface area contributed by atoms with Crippen molar-refractivity contribution in [2.75, 3.05) is 5.73 Å². The highest BCUT2D eigenvalue weighted by atomic mass is 16.6. The molecule has 25 heavy (non-hydrogen) atoms. The Labute approximate surface area is 142 Å². The number of hydrogen-bond acceptors (Lipinski definition) is 7. The lowest BCUT2D eigenvalue weighted by atomic mass is 10.2. The van der Waals surface area contributed by atoms with E-state index < -0.39 is 4.92 Å². The molecule has 1 heterocycles. The van der Waals surface area contributed by atoms with Crippen LogP contribution in [0.2, 0.25) is 0 Å². The van der Waals surface area contributed by atoms with Crippen LogP contribution in [0.25, 0.3) is 5.69 Å². The number of nitro benzene ring substituents is 1. The zero-order valence-corrected chi connectivity index (χ0v) is 13.2. The summed E-state index contributed by atoms with van der Waals surface area (Å²) in [5, 5.41) is 32.7. The van der Waals surface area contributed by atoms with E-state index in [4.69, 9.17) is 5.73 Å². The van der Waals surface area contributed by atoms with Crippen molar-refractivity contribution in [2.24, 2.45) is 10.2 Å². The number of anilines is 1. The predicted molar refractivity (Wildman–Crippen MR) is 91.7 cm³/mol. The molecule has 2 aromatic carbocycles. The monoisotopic (exact) mass is 338 g/mol. The van der Waals surface area contributed by atoms with E-state index in [0.717, 1.165) is 11.8 Å². The Bertz CT molecular complexity index is 966. The molecule has 0 aliphatic heterocycles. The van der Waals surface area contributed by atoms with E-state index in [1.54, 1.807) is 6.92 Å². The van der Waals surface area contributed by atoms with Crippen molar-refractivity contribution in [3.05, 3.63) is 64.3 Å². The number of aromatic nitrogens is 2. The average Bonchev–Trinajstić information content (AvgIpc) is 2.89. The summed E-state index contributed by atoms with van der Waals surface area (Å²) in [6, 6.07) is 12.9. The second-order valence-corrected chi connectivity index (χ2v) is 5.20. The van der Waals surface area contributed by atoms with E-state index in [1.165, 1.54) is 16.8 Å². The summed E-state index contributed by atoms with van der Waals surface area (Å²) in [6.45, 7) is 1.72. The maximum absolute atomic E-state index is 11.1. The Hall–Kier alpha value is -3.75. The number of aromatic hydroxyl groups is 1. The van der Waals surface area contributed by atoms with Gasteiger partial charge < -0.3 is 10.8 Å². The number of phenolic OH excluding ortho intramolecular Hbond substituents is 1. The topological polar surface area (TPSA) is 132 Å². The van der Waals surface area contributed by atoms with Crippen LogP contribution in [0.4, 0.5) is 22.9 Å². The molecule has 0 bridgehead atoms. The van der Waals surface area contributed by atoms with Crippen molar-refractivity contribution in [1.82, 2.24) is 9.78 Å². The molecule has 0 radical (unpaired) electrons. The molecule has 3 aromatic rings. The second-order valence-electron chi connectivity index (χ2n) is 5.20. The quantitative estimate of drug-likeness (QED) is 0.424. The van der Waals surface area contributed by atoms with Gasteiger partial charge >= 0.3 is 0 Å². The molecule has 0 atom stereocenters. The lowest BCUT2D eigenvalue weighted by molar-refractivity contribution is -0.384. The van der Waals surface area contributed by atoms with Crippen LogP contribution in [0.3, 0.4) is 0 Å². The SMILES string of the molecule is Cc1nn(-c2ccccc2)c(N)c1/N=N/c1ccc(O)cc1[N+](=O)[O-]. The summed E-state index contributed by atoms with van der Waals surface area (Å²) >= 11 is 0. The number of nitrogens with zero attached hydrogens (tertiary/aromatic N) is 5. The fourth-order valence-corrected chi connectivity index (χ4v) is 2.27. The number of benzene rings is 2. The number of azo groups is 1. The summed E-state index contributed by atoms with van der Waals surface area (Å²) in [5.41, 5.74) is 7.38. The molecule has 0 aliphatic carbocycles. The molecule has 0 saturated heterocycles. The Morgan fingerprint density at radius 3 is 2.60 bits per heavy atom. The summed E-state index contributed by atoms with van der Waals surface area (Å²) in [6.07, 6.45) is 0. The van der Waals surface area contributed by atoms with Crippen LogP contribution in [0.1, 0.15) is 5.69 Å². The van der Waals surface area contributed by atoms with Crippen molar-refractivity contribution in [1.29, 1.82) is 0 Å². The predicted octanol–water partition coefficient (Wildman–Crippen LogP) is 3.79. The largest absolute Gasteiger partial charge is 0.508 e. The number of aryl methyl sites for hydroxylation is 1. The maximum Gasteiger partial charge on any atom is 0.300 e. The number of nitrogen functional groups attached to an aromatic ring is 1. The zero-order valence-electron chi connectivity index (χ0n) is 13.2. The third-order valence-electron chi connectivity index (χ3n) is 3.48. The van der Waals surface area contributed by atoms with Crippen LogP contribution in [0.15, 0.2) is 58.8 Å². The third-order valence-corrected chi connectivity index (χ3v) is 3.48. The smallest absolute Gasteiger partial charge is 0.300 e. The van der Waals surface area contributed by atoms with Gasteiger partial charge in [0.15, 0.2) is 17.2 Å². The van der Waals surface area contributed by atoms with Crippen LogP contribution < -0.4 is 5.73 Å². The Morgan fingerprint density at radius 2 is 1.92 bits per heavy atom. The van der Waals surface area contributed by atoms with Gasteiger partial charge in [-0.2, -0.15) is 5.10 Å². The van der Waals surface area contributed by atoms with E-state index in [2.05, 4.69) is 15.3 Å². The van der Waals surface area contributed by atoms with Gasteiger partial charge in [-0.25, -0.2) is 4.68 Å². The molecule has 0 fully saturated rings. The molecule has 0 unspecified atom stereocenters. The molecule has 1 aromatic heterocycles. The lowest BCUT2D eigenvalue weighted by Crippen LogP contribution is -2.01. The van der Waals surface area contributed by atoms with E-state index >= 15 is 0 Å². The molecule has 9 nitrogen and oxygen atoms in total. The van der Waals surface area contributed by atoms with Gasteiger partial charge in [-0.05, 0) is 31.2 Å². The van der Waals surface area contributed by atoms with E-state index in [1.807, 2.05) is 30.3 Å². The standard InChI is InChI=1S/C16H14N6O3/c1-10-15(16(17)21(20-10)11-5-3-2-4-6-11)19-18-13-8-7-12(23)9-14(13)22(24)25/h2-9,23H,17H2,1H3/b19-18+. The number of hydrogen-bond donors (Lipinski definition) is 2. The van der Waals surface area contributed by atoms with Gasteiger partial charge in [0.25, 0.3) is 5.69 Å². The highest BCUT2D eigenvalue weighted by Gasteiger charge is 2.16. The van der Waals surface area contributed by atoms with Gasteiger partial charge in [-0.15, -0.1) is 10.2 Å². The Morgan fingerprint density at radius 1 is 1.20 bits per heavy atom. The van der Waals surface area contributed by atoms with Crippen LogP contribution >= 0.6 is 0 Å². The number of nitro groups is 1. The van der Waals surface area contributed by atoms with Crippen LogP contribution in [0, 0.1) is 17.0 Å². The van der Waals surface area contributed by atoms with Gasteiger partial charge in [0.1, 0.15) is 5.75 Å². The Kier molecular flexibility index (Phi) is 4.12. The normalized spacial score (nSPS) is 11.1. The first-order chi connectivity index (χ1) is 12.0. The van der Waals surface area contributed by atoms with E-state index in [-0.39, 0.29) is 22.9 Å². The summed E-state index contributed by atoms with van der Waals surface area (Å²) in [4.78, 5) is 10.4. The first-order valence-electron chi connectivity index (χ1n) is 7.27. The molecule has 126 valence electrons. The fraction of sp³-hybridized carbons (Fsp3) is 0.0625. The van der Waals surface area contributed by atoms with Gasteiger partial charge in [0, 0.05) is 0 Å². The highest BCUT2D eigenvalue weighted by molar-refractivity contribution is 5.65. The summed E-state index contributed by atoms with van der Waals surface area (Å²) in [5.74, 6) is 0.0483. The molecular weight excluding hydrogens is 324 g/mol. The minimum absolute atomic E-state index is 0.00839. The van der Waals surface area contributed by atoms with Crippen molar-refractivity contribution in [2.45, 2.75) is 6.92 Å². The van der Waals surface area contributed by atoms with Gasteiger partial charge in [-0.3, -0.25) is 10.1 Å². The number of rotatable bonds is 4. The minimum atomic E-state index is -0.641. The van der Waals surface area contributed by atoms with Crippen LogP contribution in [0.5, 0.6) is 5.75 Å². The van der Waals surface area contributed by atoms with Crippen molar-refractivity contribution < 1.29 is 10.0 Å². The van der Waals surface area contributed by atoms with E-state index in [9.17, 15) is 15.2 Å². The maximum atomic E-state index is 11.1. The molecule has 3 N–H and O–H groups in total. The molecule has 0 amide bonds. The highest BCUT2D eigenvalue weighted by Crippen LogP contribution is 2.34. The number of phenols is 1. The molecule has 0 spiro atoms. The number of nitrogens with two attached hydrogens (primary N) is 1. The van der Waals surface area contributed by atoms with Crippen LogP contribution in [-0.4, -0.2) is 19.8 Å². The second kappa shape index (κ2) is 6.40. The Balaban J connectivity index is 2.01.